The molecule has 1 aromatic carbocycles. The highest BCUT2D eigenvalue weighted by Gasteiger charge is 2.44. The quantitative estimate of drug-likeness (QED) is 0.805. The molecular formula is C18H24N2O5. The molecule has 0 aliphatic carbocycles. The van der Waals surface area contributed by atoms with Crippen LogP contribution in [0.2, 0.25) is 0 Å². The van der Waals surface area contributed by atoms with Gasteiger partial charge in [0.25, 0.3) is 5.91 Å². The molecule has 7 nitrogen and oxygen atoms in total. The summed E-state index contributed by atoms with van der Waals surface area (Å²) in [5.74, 6) is -0.452. The lowest BCUT2D eigenvalue weighted by atomic mass is 10.00. The van der Waals surface area contributed by atoms with Gasteiger partial charge in [-0.3, -0.25) is 4.79 Å². The van der Waals surface area contributed by atoms with Crippen molar-refractivity contribution >= 4 is 16.8 Å². The average Bonchev–Trinajstić information content (AvgIpc) is 3.05. The van der Waals surface area contributed by atoms with Crippen molar-refractivity contribution < 1.29 is 24.1 Å². The Labute approximate surface area is 146 Å². The first kappa shape index (κ1) is 17.7. The van der Waals surface area contributed by atoms with Crippen LogP contribution in [0.5, 0.6) is 5.75 Å². The van der Waals surface area contributed by atoms with Crippen LogP contribution in [0.15, 0.2) is 24.3 Å². The summed E-state index contributed by atoms with van der Waals surface area (Å²) in [5.41, 5.74) is 1.33. The summed E-state index contributed by atoms with van der Waals surface area (Å²) in [6, 6.07) is 7.49. The van der Waals surface area contributed by atoms with Crippen LogP contribution < -0.4 is 4.74 Å². The number of amides is 1. The number of fused-ring (bicyclic) bond motifs is 1. The Kier molecular flexibility index (Phi) is 4.99. The Morgan fingerprint density at radius 3 is 2.76 bits per heavy atom. The van der Waals surface area contributed by atoms with Crippen molar-refractivity contribution in [3.63, 3.8) is 0 Å². The van der Waals surface area contributed by atoms with Gasteiger partial charge in [0.1, 0.15) is 17.5 Å². The van der Waals surface area contributed by atoms with Gasteiger partial charge in [-0.2, -0.15) is 0 Å². The van der Waals surface area contributed by atoms with Gasteiger partial charge in [0, 0.05) is 44.2 Å². The molecule has 7 heteroatoms. The number of ether oxygens (including phenoxy) is 3. The molecule has 3 rings (SSSR count). The third-order valence-electron chi connectivity index (χ3n) is 4.74. The predicted octanol–water partition coefficient (Wildman–Crippen LogP) is 1.76. The predicted molar refractivity (Wildman–Crippen MR) is 92.7 cm³/mol. The largest absolute Gasteiger partial charge is 0.494 e. The summed E-state index contributed by atoms with van der Waals surface area (Å²) in [6.45, 7) is 3.11. The Morgan fingerprint density at radius 2 is 2.12 bits per heavy atom. The number of H-pyrrole nitrogens is 1. The van der Waals surface area contributed by atoms with Crippen molar-refractivity contribution in [1.29, 1.82) is 0 Å². The van der Waals surface area contributed by atoms with E-state index in [-0.39, 0.29) is 12.5 Å². The molecule has 1 atom stereocenters. The molecule has 0 spiro atoms. The van der Waals surface area contributed by atoms with Crippen LogP contribution in [0.4, 0.5) is 0 Å². The third kappa shape index (κ3) is 3.22. The molecule has 1 aliphatic rings. The molecule has 1 unspecified atom stereocenters. The maximum atomic E-state index is 12.8. The van der Waals surface area contributed by atoms with Gasteiger partial charge >= 0.3 is 0 Å². The van der Waals surface area contributed by atoms with E-state index in [1.165, 1.54) is 14.2 Å². The Balaban J connectivity index is 1.78. The number of likely N-dealkylation sites (tertiary alicyclic amines) is 1. The summed E-state index contributed by atoms with van der Waals surface area (Å²) in [7, 11) is 3.00. The molecule has 0 saturated carbocycles. The van der Waals surface area contributed by atoms with E-state index < -0.39 is 11.9 Å². The lowest BCUT2D eigenvalue weighted by molar-refractivity contribution is -0.275. The number of carbonyl (C=O) groups excluding carboxylic acids is 1. The van der Waals surface area contributed by atoms with Crippen LogP contribution in [0.25, 0.3) is 10.9 Å². The highest BCUT2D eigenvalue weighted by atomic mass is 16.7. The summed E-state index contributed by atoms with van der Waals surface area (Å²) < 4.78 is 16.1. The number of carbonyl (C=O) groups is 1. The molecule has 1 amide bonds. The molecule has 1 aliphatic heterocycles. The fraction of sp³-hybridized carbons (Fsp3) is 0.500. The molecule has 1 saturated heterocycles. The highest BCUT2D eigenvalue weighted by Crippen LogP contribution is 2.28. The number of methoxy groups -OCH3 is 2. The minimum absolute atomic E-state index is 0.153. The van der Waals surface area contributed by atoms with Crippen LogP contribution in [-0.2, 0) is 9.47 Å². The van der Waals surface area contributed by atoms with Crippen molar-refractivity contribution in [2.75, 3.05) is 33.9 Å². The number of aliphatic hydroxyl groups is 1. The van der Waals surface area contributed by atoms with Crippen LogP contribution in [0.1, 0.15) is 23.8 Å². The summed E-state index contributed by atoms with van der Waals surface area (Å²) in [5, 5.41) is 11.3. The molecule has 25 heavy (non-hydrogen) atoms. The van der Waals surface area contributed by atoms with Gasteiger partial charge in [0.15, 0.2) is 5.79 Å². The minimum atomic E-state index is -1.05. The molecule has 0 bridgehead atoms. The maximum Gasteiger partial charge on any atom is 0.270 e. The highest BCUT2D eigenvalue weighted by molar-refractivity contribution is 5.98. The van der Waals surface area contributed by atoms with Gasteiger partial charge < -0.3 is 29.2 Å². The molecule has 1 fully saturated rings. The number of nitrogens with zero attached hydrogens (tertiary/aromatic N) is 1. The van der Waals surface area contributed by atoms with E-state index in [0.29, 0.717) is 25.3 Å². The van der Waals surface area contributed by atoms with E-state index in [9.17, 15) is 9.90 Å². The van der Waals surface area contributed by atoms with Gasteiger partial charge in [-0.1, -0.05) is 0 Å². The monoisotopic (exact) mass is 348 g/mol. The van der Waals surface area contributed by atoms with Crippen LogP contribution in [0.3, 0.4) is 0 Å². The zero-order chi connectivity index (χ0) is 18.0. The number of aliphatic hydroxyl groups excluding tert-OH is 1. The second-order valence-electron chi connectivity index (χ2n) is 6.10. The van der Waals surface area contributed by atoms with Gasteiger partial charge in [-0.15, -0.1) is 0 Å². The Morgan fingerprint density at radius 1 is 1.36 bits per heavy atom. The van der Waals surface area contributed by atoms with Crippen molar-refractivity contribution in [3.8, 4) is 5.75 Å². The first-order chi connectivity index (χ1) is 12.0. The third-order valence-corrected chi connectivity index (χ3v) is 4.74. The van der Waals surface area contributed by atoms with E-state index in [1.54, 1.807) is 4.90 Å². The van der Waals surface area contributed by atoms with Gasteiger partial charge in [0.05, 0.1) is 13.2 Å². The SMILES string of the molecule is CCOc1ccc2cc(C(=O)N3CCC(OC)(OC)C(O)C3)[nH]c2c1. The molecule has 2 heterocycles. The van der Waals surface area contributed by atoms with Crippen molar-refractivity contribution in [2.45, 2.75) is 25.2 Å². The van der Waals surface area contributed by atoms with E-state index in [1.807, 2.05) is 31.2 Å². The lowest BCUT2D eigenvalue weighted by Gasteiger charge is -2.43. The van der Waals surface area contributed by atoms with E-state index in [4.69, 9.17) is 14.2 Å². The first-order valence-electron chi connectivity index (χ1n) is 8.36. The first-order valence-corrected chi connectivity index (χ1v) is 8.36. The summed E-state index contributed by atoms with van der Waals surface area (Å²) >= 11 is 0. The Hall–Kier alpha value is -2.09. The van der Waals surface area contributed by atoms with Gasteiger partial charge in [0.2, 0.25) is 0 Å². The van der Waals surface area contributed by atoms with Crippen molar-refractivity contribution in [2.24, 2.45) is 0 Å². The van der Waals surface area contributed by atoms with Crippen LogP contribution >= 0.6 is 0 Å². The molecule has 0 radical (unpaired) electrons. The maximum absolute atomic E-state index is 12.8. The smallest absolute Gasteiger partial charge is 0.270 e. The van der Waals surface area contributed by atoms with E-state index in [0.717, 1.165) is 16.7 Å². The lowest BCUT2D eigenvalue weighted by Crippen LogP contribution is -2.58. The topological polar surface area (TPSA) is 84.0 Å². The van der Waals surface area contributed by atoms with Crippen LogP contribution in [-0.4, -0.2) is 66.7 Å². The zero-order valence-corrected chi connectivity index (χ0v) is 14.7. The van der Waals surface area contributed by atoms with E-state index in [2.05, 4.69) is 4.98 Å². The number of aromatic nitrogens is 1. The number of rotatable bonds is 5. The fourth-order valence-electron chi connectivity index (χ4n) is 3.29. The molecule has 1 aromatic heterocycles. The molecule has 2 aromatic rings. The average molecular weight is 348 g/mol. The summed E-state index contributed by atoms with van der Waals surface area (Å²) in [4.78, 5) is 17.5. The number of β-amino-alcohol motifs (C(OH)–C–C–N with tert-alkyl or cyclic N) is 1. The minimum Gasteiger partial charge on any atom is -0.494 e. The molecule has 2 N–H and O–H groups in total. The summed E-state index contributed by atoms with van der Waals surface area (Å²) in [6.07, 6.45) is -0.504. The van der Waals surface area contributed by atoms with Crippen LogP contribution in [0, 0.1) is 0 Å². The number of nitrogens with one attached hydrogen (secondary N) is 1. The number of piperidine rings is 1. The van der Waals surface area contributed by atoms with Gasteiger partial charge in [-0.05, 0) is 25.1 Å². The van der Waals surface area contributed by atoms with E-state index >= 15 is 0 Å². The fourth-order valence-corrected chi connectivity index (χ4v) is 3.29. The van der Waals surface area contributed by atoms with Crippen molar-refractivity contribution in [1.82, 2.24) is 9.88 Å². The van der Waals surface area contributed by atoms with Gasteiger partial charge in [-0.25, -0.2) is 0 Å². The zero-order valence-electron chi connectivity index (χ0n) is 14.7. The number of benzene rings is 1. The Bertz CT molecular complexity index is 753. The number of hydrogen-bond donors (Lipinski definition) is 2. The standard InChI is InChI=1S/C18H24N2O5/c1-4-25-13-6-5-12-9-15(19-14(12)10-13)17(22)20-8-7-18(23-2,24-3)16(21)11-20/h5-6,9-10,16,19,21H,4,7-8,11H2,1-3H3. The second kappa shape index (κ2) is 7.03. The number of hydrogen-bond acceptors (Lipinski definition) is 5. The number of aromatic amines is 1. The molecular weight excluding hydrogens is 324 g/mol. The second-order valence-corrected chi connectivity index (χ2v) is 6.10. The van der Waals surface area contributed by atoms with Crippen molar-refractivity contribution in [3.05, 3.63) is 30.0 Å². The normalized spacial score (nSPS) is 20.0. The molecule has 136 valence electrons.